The topological polar surface area (TPSA) is 87.7 Å². The largest absolute Gasteiger partial charge is 0.453 e. The van der Waals surface area contributed by atoms with Crippen molar-refractivity contribution in [3.63, 3.8) is 0 Å². The van der Waals surface area contributed by atoms with Crippen molar-refractivity contribution in [2.24, 2.45) is 5.41 Å². The minimum atomic E-state index is -0.644. The fraction of sp³-hybridized carbons (Fsp3) is 0.833. The van der Waals surface area contributed by atoms with E-state index in [1.54, 1.807) is 6.92 Å². The molecule has 0 heterocycles. The number of ether oxygens (including phenoxy) is 1. The van der Waals surface area contributed by atoms with Crippen LogP contribution in [0.15, 0.2) is 0 Å². The first-order valence-electron chi connectivity index (χ1n) is 6.26. The van der Waals surface area contributed by atoms with Gasteiger partial charge in [0.2, 0.25) is 5.91 Å². The van der Waals surface area contributed by atoms with Gasteiger partial charge in [0.25, 0.3) is 0 Å². The van der Waals surface area contributed by atoms with Gasteiger partial charge in [0, 0.05) is 12.0 Å². The van der Waals surface area contributed by atoms with Crippen molar-refractivity contribution >= 4 is 12.0 Å². The van der Waals surface area contributed by atoms with Gasteiger partial charge in [-0.05, 0) is 19.8 Å². The molecule has 0 aromatic rings. The zero-order valence-electron chi connectivity index (χ0n) is 11.0. The molecular formula is C12H22N2O4. The second kappa shape index (κ2) is 6.58. The summed E-state index contributed by atoms with van der Waals surface area (Å²) in [6.45, 7) is 2.13. The fourth-order valence-electron chi connectivity index (χ4n) is 2.24. The van der Waals surface area contributed by atoms with Crippen LogP contribution in [0.1, 0.15) is 32.6 Å². The van der Waals surface area contributed by atoms with E-state index in [2.05, 4.69) is 15.4 Å². The molecule has 18 heavy (non-hydrogen) atoms. The van der Waals surface area contributed by atoms with Crippen molar-refractivity contribution in [2.45, 2.75) is 38.6 Å². The minimum Gasteiger partial charge on any atom is -0.453 e. The van der Waals surface area contributed by atoms with Gasteiger partial charge in [-0.25, -0.2) is 4.79 Å². The Bertz CT molecular complexity index is 300. The van der Waals surface area contributed by atoms with Crippen LogP contribution in [0.3, 0.4) is 0 Å². The number of rotatable bonds is 5. The number of methoxy groups -OCH3 is 1. The van der Waals surface area contributed by atoms with Crippen LogP contribution in [0, 0.1) is 5.41 Å². The van der Waals surface area contributed by atoms with Crippen LogP contribution < -0.4 is 10.6 Å². The molecule has 1 aliphatic rings. The Hall–Kier alpha value is -1.30. The summed E-state index contributed by atoms with van der Waals surface area (Å²) in [5.41, 5.74) is -0.180. The standard InChI is InChI=1S/C12H22N2O4/c1-9(14-11(17)18-2)10(16)13-7-12(8-15)5-3-4-6-12/h9,15H,3-8H2,1-2H3,(H,13,16)(H,14,17)/t9-/m0/s1. The van der Waals surface area contributed by atoms with E-state index in [1.807, 2.05) is 0 Å². The minimum absolute atomic E-state index is 0.0894. The third-order valence-corrected chi connectivity index (χ3v) is 3.55. The average molecular weight is 258 g/mol. The third-order valence-electron chi connectivity index (χ3n) is 3.55. The number of hydrogen-bond acceptors (Lipinski definition) is 4. The van der Waals surface area contributed by atoms with Gasteiger partial charge in [0.1, 0.15) is 6.04 Å². The van der Waals surface area contributed by atoms with Gasteiger partial charge in [-0.1, -0.05) is 12.8 Å². The van der Waals surface area contributed by atoms with Crippen LogP contribution in [0.4, 0.5) is 4.79 Å². The molecule has 0 spiro atoms. The average Bonchev–Trinajstić information content (AvgIpc) is 2.85. The molecule has 3 N–H and O–H groups in total. The Labute approximate surface area is 107 Å². The molecule has 0 aliphatic heterocycles. The number of amides is 2. The second-order valence-electron chi connectivity index (χ2n) is 4.94. The van der Waals surface area contributed by atoms with Crippen molar-refractivity contribution in [1.82, 2.24) is 10.6 Å². The molecule has 1 aliphatic carbocycles. The van der Waals surface area contributed by atoms with E-state index in [9.17, 15) is 14.7 Å². The van der Waals surface area contributed by atoms with E-state index in [4.69, 9.17) is 0 Å². The SMILES string of the molecule is COC(=O)N[C@@H](C)C(=O)NCC1(CO)CCCC1. The van der Waals surface area contributed by atoms with Crippen molar-refractivity contribution < 1.29 is 19.4 Å². The Morgan fingerprint density at radius 1 is 1.39 bits per heavy atom. The number of carbonyl (C=O) groups excluding carboxylic acids is 2. The van der Waals surface area contributed by atoms with Gasteiger partial charge in [0.05, 0.1) is 13.7 Å². The maximum atomic E-state index is 11.7. The van der Waals surface area contributed by atoms with E-state index in [1.165, 1.54) is 7.11 Å². The van der Waals surface area contributed by atoms with Crippen LogP contribution in [0.5, 0.6) is 0 Å². The summed E-state index contributed by atoms with van der Waals surface area (Å²) in [6, 6.07) is -0.644. The molecule has 104 valence electrons. The summed E-state index contributed by atoms with van der Waals surface area (Å²) < 4.78 is 4.42. The highest BCUT2D eigenvalue weighted by molar-refractivity contribution is 5.85. The van der Waals surface area contributed by atoms with Crippen molar-refractivity contribution in [2.75, 3.05) is 20.3 Å². The Morgan fingerprint density at radius 3 is 2.50 bits per heavy atom. The first-order chi connectivity index (χ1) is 8.53. The zero-order valence-corrected chi connectivity index (χ0v) is 11.0. The molecule has 0 radical (unpaired) electrons. The zero-order chi connectivity index (χ0) is 13.6. The number of carbonyl (C=O) groups is 2. The molecule has 1 atom stereocenters. The van der Waals surface area contributed by atoms with Crippen LogP contribution in [0.2, 0.25) is 0 Å². The lowest BCUT2D eigenvalue weighted by molar-refractivity contribution is -0.123. The first kappa shape index (κ1) is 14.8. The highest BCUT2D eigenvalue weighted by atomic mass is 16.5. The molecule has 0 aromatic carbocycles. The quantitative estimate of drug-likeness (QED) is 0.666. The molecule has 6 nitrogen and oxygen atoms in total. The van der Waals surface area contributed by atoms with Crippen molar-refractivity contribution in [3.05, 3.63) is 0 Å². The highest BCUT2D eigenvalue weighted by Gasteiger charge is 2.33. The van der Waals surface area contributed by atoms with Crippen molar-refractivity contribution in [1.29, 1.82) is 0 Å². The molecule has 1 saturated carbocycles. The van der Waals surface area contributed by atoms with Crippen LogP contribution in [0.25, 0.3) is 0 Å². The summed E-state index contributed by atoms with van der Waals surface area (Å²) in [5, 5.41) is 14.6. The van der Waals surface area contributed by atoms with E-state index < -0.39 is 12.1 Å². The maximum Gasteiger partial charge on any atom is 0.407 e. The van der Waals surface area contributed by atoms with Crippen LogP contribution in [-0.4, -0.2) is 43.4 Å². The maximum absolute atomic E-state index is 11.7. The van der Waals surface area contributed by atoms with E-state index in [-0.39, 0.29) is 17.9 Å². The summed E-state index contributed by atoms with van der Waals surface area (Å²) in [4.78, 5) is 22.7. The Kier molecular flexibility index (Phi) is 5.40. The smallest absolute Gasteiger partial charge is 0.407 e. The first-order valence-corrected chi connectivity index (χ1v) is 6.26. The lowest BCUT2D eigenvalue weighted by Gasteiger charge is -2.27. The lowest BCUT2D eigenvalue weighted by atomic mass is 9.87. The predicted octanol–water partition coefficient (Wildman–Crippen LogP) is 0.400. The van der Waals surface area contributed by atoms with Gasteiger partial charge < -0.3 is 20.5 Å². The molecule has 6 heteroatoms. The monoisotopic (exact) mass is 258 g/mol. The van der Waals surface area contributed by atoms with Gasteiger partial charge >= 0.3 is 6.09 Å². The number of hydrogen-bond donors (Lipinski definition) is 3. The van der Waals surface area contributed by atoms with Crippen molar-refractivity contribution in [3.8, 4) is 0 Å². The van der Waals surface area contributed by atoms with Gasteiger partial charge in [-0.2, -0.15) is 0 Å². The second-order valence-corrected chi connectivity index (χ2v) is 4.94. The van der Waals surface area contributed by atoms with Gasteiger partial charge in [-0.15, -0.1) is 0 Å². The third kappa shape index (κ3) is 3.87. The van der Waals surface area contributed by atoms with Gasteiger partial charge in [0.15, 0.2) is 0 Å². The van der Waals surface area contributed by atoms with Crippen LogP contribution in [-0.2, 0) is 9.53 Å². The fourth-order valence-corrected chi connectivity index (χ4v) is 2.24. The molecule has 0 unspecified atom stereocenters. The van der Waals surface area contributed by atoms with E-state index in [0.717, 1.165) is 25.7 Å². The number of aliphatic hydroxyl groups is 1. The number of alkyl carbamates (subject to hydrolysis) is 1. The highest BCUT2D eigenvalue weighted by Crippen LogP contribution is 2.36. The summed E-state index contributed by atoms with van der Waals surface area (Å²) in [6.07, 6.45) is 3.42. The number of nitrogens with one attached hydrogen (secondary N) is 2. The molecule has 1 fully saturated rings. The normalized spacial score (nSPS) is 19.1. The molecule has 1 rings (SSSR count). The van der Waals surface area contributed by atoms with Crippen LogP contribution >= 0.6 is 0 Å². The summed E-state index contributed by atoms with van der Waals surface area (Å²) in [7, 11) is 1.25. The molecular weight excluding hydrogens is 236 g/mol. The van der Waals surface area contributed by atoms with Gasteiger partial charge in [-0.3, -0.25) is 4.79 Å². The Morgan fingerprint density at radius 2 is 2.00 bits per heavy atom. The van der Waals surface area contributed by atoms with E-state index >= 15 is 0 Å². The Balaban J connectivity index is 2.37. The summed E-state index contributed by atoms with van der Waals surface area (Å²) >= 11 is 0. The molecule has 0 bridgehead atoms. The molecule has 0 aromatic heterocycles. The lowest BCUT2D eigenvalue weighted by Crippen LogP contribution is -2.48. The van der Waals surface area contributed by atoms with E-state index in [0.29, 0.717) is 6.54 Å². The number of aliphatic hydroxyl groups excluding tert-OH is 1. The summed E-state index contributed by atoms with van der Waals surface area (Å²) in [5.74, 6) is -0.264. The predicted molar refractivity (Wildman–Crippen MR) is 66.0 cm³/mol. The molecule has 0 saturated heterocycles. The molecule has 2 amide bonds.